The Hall–Kier alpha value is -0.0400. The summed E-state index contributed by atoms with van der Waals surface area (Å²) in [6, 6.07) is 0.423. The third-order valence-corrected chi connectivity index (χ3v) is 7.30. The molecule has 122 valence electrons. The van der Waals surface area contributed by atoms with E-state index in [1.807, 2.05) is 0 Å². The first-order chi connectivity index (χ1) is 10.2. The maximum Gasteiger partial charge on any atom is 0.00388 e. The van der Waals surface area contributed by atoms with E-state index in [9.17, 15) is 0 Å². The molecule has 0 amide bonds. The fraction of sp³-hybridized carbons (Fsp3) is 1.00. The van der Waals surface area contributed by atoms with Gasteiger partial charge in [-0.2, -0.15) is 0 Å². The third kappa shape index (κ3) is 4.03. The summed E-state index contributed by atoms with van der Waals surface area (Å²) in [7, 11) is 0. The molecule has 3 rings (SSSR count). The van der Waals surface area contributed by atoms with E-state index in [1.165, 1.54) is 57.8 Å². The second kappa shape index (κ2) is 7.49. The summed E-state index contributed by atoms with van der Waals surface area (Å²) in [6.07, 6.45) is 19.6. The molecule has 0 bridgehead atoms. The molecule has 3 aliphatic carbocycles. The molecular weight excluding hydrogens is 254 g/mol. The molecule has 0 aromatic rings. The Kier molecular flexibility index (Phi) is 5.65. The smallest absolute Gasteiger partial charge is 0.00388 e. The van der Waals surface area contributed by atoms with Gasteiger partial charge in [0.1, 0.15) is 0 Å². The van der Waals surface area contributed by atoms with Crippen LogP contribution in [0.1, 0.15) is 90.4 Å². The van der Waals surface area contributed by atoms with Crippen LogP contribution in [0, 0.1) is 29.6 Å². The van der Waals surface area contributed by atoms with Crippen molar-refractivity contribution in [2.45, 2.75) is 96.4 Å². The van der Waals surface area contributed by atoms with Gasteiger partial charge in [0.05, 0.1) is 0 Å². The van der Waals surface area contributed by atoms with Crippen LogP contribution in [-0.4, -0.2) is 6.04 Å². The quantitative estimate of drug-likeness (QED) is 0.727. The van der Waals surface area contributed by atoms with E-state index in [-0.39, 0.29) is 0 Å². The topological polar surface area (TPSA) is 26.0 Å². The summed E-state index contributed by atoms with van der Waals surface area (Å²) in [5.74, 6) is 5.07. The van der Waals surface area contributed by atoms with E-state index in [2.05, 4.69) is 6.92 Å². The lowest BCUT2D eigenvalue weighted by molar-refractivity contribution is 0.104. The van der Waals surface area contributed by atoms with Crippen molar-refractivity contribution in [3.8, 4) is 0 Å². The van der Waals surface area contributed by atoms with Crippen LogP contribution < -0.4 is 5.73 Å². The molecule has 0 aromatic heterocycles. The van der Waals surface area contributed by atoms with Gasteiger partial charge in [-0.25, -0.2) is 0 Å². The molecule has 21 heavy (non-hydrogen) atoms. The molecule has 3 saturated carbocycles. The maximum atomic E-state index is 6.18. The Morgan fingerprint density at radius 2 is 1.14 bits per heavy atom. The average Bonchev–Trinajstić information content (AvgIpc) is 2.56. The summed E-state index contributed by atoms with van der Waals surface area (Å²) >= 11 is 0. The van der Waals surface area contributed by atoms with Crippen molar-refractivity contribution in [3.63, 3.8) is 0 Å². The molecule has 1 nitrogen and oxygen atoms in total. The zero-order valence-electron chi connectivity index (χ0n) is 14.2. The van der Waals surface area contributed by atoms with Gasteiger partial charge in [0, 0.05) is 6.04 Å². The minimum atomic E-state index is 0.423. The molecule has 3 fully saturated rings. The molecule has 0 radical (unpaired) electrons. The van der Waals surface area contributed by atoms with Gasteiger partial charge in [-0.15, -0.1) is 0 Å². The van der Waals surface area contributed by atoms with E-state index in [0.717, 1.165) is 29.6 Å². The lowest BCUT2D eigenvalue weighted by Crippen LogP contribution is -2.34. The molecule has 3 atom stereocenters. The van der Waals surface area contributed by atoms with Gasteiger partial charge in [-0.3, -0.25) is 0 Å². The molecule has 3 aliphatic rings. The van der Waals surface area contributed by atoms with Crippen molar-refractivity contribution < 1.29 is 0 Å². The first-order valence-corrected chi connectivity index (χ1v) is 9.99. The minimum absolute atomic E-state index is 0.423. The van der Waals surface area contributed by atoms with Gasteiger partial charge < -0.3 is 5.73 Å². The van der Waals surface area contributed by atoms with Crippen LogP contribution in [0.25, 0.3) is 0 Å². The van der Waals surface area contributed by atoms with E-state index < -0.39 is 0 Å². The number of hydrogen-bond acceptors (Lipinski definition) is 1. The van der Waals surface area contributed by atoms with E-state index >= 15 is 0 Å². The van der Waals surface area contributed by atoms with Crippen LogP contribution in [-0.2, 0) is 0 Å². The Bertz CT molecular complexity index is 297. The maximum absolute atomic E-state index is 6.18. The van der Waals surface area contributed by atoms with Crippen molar-refractivity contribution in [1.82, 2.24) is 0 Å². The fourth-order valence-electron chi connectivity index (χ4n) is 5.87. The number of nitrogens with two attached hydrogens (primary N) is 1. The highest BCUT2D eigenvalue weighted by Crippen LogP contribution is 2.45. The van der Waals surface area contributed by atoms with Crippen LogP contribution in [0.3, 0.4) is 0 Å². The summed E-state index contributed by atoms with van der Waals surface area (Å²) in [4.78, 5) is 0. The molecule has 0 saturated heterocycles. The average molecular weight is 292 g/mol. The monoisotopic (exact) mass is 291 g/mol. The normalized spacial score (nSPS) is 40.9. The van der Waals surface area contributed by atoms with Gasteiger partial charge in [-0.1, -0.05) is 44.9 Å². The molecule has 2 N–H and O–H groups in total. The van der Waals surface area contributed by atoms with Crippen LogP contribution in [0.15, 0.2) is 0 Å². The molecule has 0 aliphatic heterocycles. The van der Waals surface area contributed by atoms with Crippen molar-refractivity contribution >= 4 is 0 Å². The van der Waals surface area contributed by atoms with Gasteiger partial charge >= 0.3 is 0 Å². The van der Waals surface area contributed by atoms with Crippen LogP contribution in [0.5, 0.6) is 0 Å². The minimum Gasteiger partial charge on any atom is -0.328 e. The second-order valence-electron chi connectivity index (χ2n) is 8.62. The largest absolute Gasteiger partial charge is 0.328 e. The van der Waals surface area contributed by atoms with Crippen molar-refractivity contribution in [3.05, 3.63) is 0 Å². The lowest BCUT2D eigenvalue weighted by atomic mass is 9.65. The summed E-state index contributed by atoms with van der Waals surface area (Å²) < 4.78 is 0. The number of hydrogen-bond donors (Lipinski definition) is 1. The zero-order valence-corrected chi connectivity index (χ0v) is 14.2. The fourth-order valence-corrected chi connectivity index (χ4v) is 5.87. The lowest BCUT2D eigenvalue weighted by Gasteiger charge is -2.41. The second-order valence-corrected chi connectivity index (χ2v) is 8.62. The highest BCUT2D eigenvalue weighted by molar-refractivity contribution is 4.86. The third-order valence-electron chi connectivity index (χ3n) is 7.30. The first kappa shape index (κ1) is 15.8. The van der Waals surface area contributed by atoms with Gasteiger partial charge in [0.25, 0.3) is 0 Å². The van der Waals surface area contributed by atoms with Gasteiger partial charge in [0.2, 0.25) is 0 Å². The van der Waals surface area contributed by atoms with Crippen molar-refractivity contribution in [2.75, 3.05) is 0 Å². The van der Waals surface area contributed by atoms with Crippen molar-refractivity contribution in [2.24, 2.45) is 35.3 Å². The first-order valence-electron chi connectivity index (χ1n) is 9.99. The molecule has 0 heterocycles. The molecule has 0 spiro atoms. The van der Waals surface area contributed by atoms with Gasteiger partial charge in [0.15, 0.2) is 0 Å². The molecule has 1 heteroatoms. The van der Waals surface area contributed by atoms with Crippen molar-refractivity contribution in [1.29, 1.82) is 0 Å². The number of rotatable bonds is 3. The molecule has 3 unspecified atom stereocenters. The van der Waals surface area contributed by atoms with E-state index in [4.69, 9.17) is 5.73 Å². The standard InChI is InChI=1S/C20H37N/c1-15(21)19-8-5-9-20(14-19)18-12-10-17(11-13-18)16-6-3-2-4-7-16/h15-20H,2-14,21H2,1H3. The SMILES string of the molecule is CC(N)C1CCCC(C2CCC(C3CCCCC3)CC2)C1. The summed E-state index contributed by atoms with van der Waals surface area (Å²) in [5, 5.41) is 0. The van der Waals surface area contributed by atoms with Gasteiger partial charge in [-0.05, 0) is 75.0 Å². The summed E-state index contributed by atoms with van der Waals surface area (Å²) in [5.41, 5.74) is 6.18. The highest BCUT2D eigenvalue weighted by Gasteiger charge is 2.34. The Morgan fingerprint density at radius 1 is 0.619 bits per heavy atom. The summed E-state index contributed by atoms with van der Waals surface area (Å²) in [6.45, 7) is 2.23. The predicted octanol–water partition coefficient (Wildman–Crippen LogP) is 5.53. The van der Waals surface area contributed by atoms with E-state index in [0.29, 0.717) is 6.04 Å². The Balaban J connectivity index is 1.46. The van der Waals surface area contributed by atoms with Crippen LogP contribution in [0.2, 0.25) is 0 Å². The van der Waals surface area contributed by atoms with Crippen LogP contribution >= 0.6 is 0 Å². The Labute approximate surface area is 132 Å². The molecule has 0 aromatic carbocycles. The zero-order chi connectivity index (χ0) is 14.7. The van der Waals surface area contributed by atoms with Crippen LogP contribution in [0.4, 0.5) is 0 Å². The highest BCUT2D eigenvalue weighted by atomic mass is 14.6. The Morgan fingerprint density at radius 3 is 1.76 bits per heavy atom. The predicted molar refractivity (Wildman–Crippen MR) is 91.1 cm³/mol. The van der Waals surface area contributed by atoms with E-state index in [1.54, 1.807) is 25.7 Å². The molecular formula is C20H37N.